The first-order chi connectivity index (χ1) is 9.08. The van der Waals surface area contributed by atoms with Crippen molar-refractivity contribution >= 4 is 28.3 Å². The van der Waals surface area contributed by atoms with E-state index in [1.54, 1.807) is 5.38 Å². The van der Waals surface area contributed by atoms with Crippen LogP contribution >= 0.6 is 11.3 Å². The minimum Gasteiger partial charge on any atom is -0.478 e. The van der Waals surface area contributed by atoms with Crippen LogP contribution in [0.5, 0.6) is 0 Å². The number of carbonyl (C=O) groups is 2. The molecule has 2 aromatic heterocycles. The van der Waals surface area contributed by atoms with Crippen LogP contribution in [-0.2, 0) is 13.6 Å². The third-order valence-electron chi connectivity index (χ3n) is 2.60. The van der Waals surface area contributed by atoms with E-state index in [9.17, 15) is 9.59 Å². The topological polar surface area (TPSA) is 83.4 Å². The molecule has 2 aromatic rings. The Balaban J connectivity index is 1.93. The molecule has 0 aliphatic carbocycles. The fourth-order valence-corrected chi connectivity index (χ4v) is 2.35. The van der Waals surface area contributed by atoms with Crippen molar-refractivity contribution in [3.63, 3.8) is 0 Å². The number of aryl methyl sites for hydroxylation is 1. The number of anilines is 1. The van der Waals surface area contributed by atoms with E-state index in [1.807, 2.05) is 29.9 Å². The van der Waals surface area contributed by atoms with Crippen LogP contribution in [0.3, 0.4) is 0 Å². The highest BCUT2D eigenvalue weighted by Crippen LogP contribution is 2.22. The number of amides is 2. The highest BCUT2D eigenvalue weighted by molar-refractivity contribution is 7.14. The molecule has 2 heterocycles. The van der Waals surface area contributed by atoms with Gasteiger partial charge in [-0.25, -0.2) is 9.59 Å². The Kier molecular flexibility index (Phi) is 3.86. The molecule has 0 unspecified atom stereocenters. The highest BCUT2D eigenvalue weighted by Gasteiger charge is 2.13. The number of carboxylic acid groups (broad SMARTS) is 1. The molecule has 2 rings (SSSR count). The predicted octanol–water partition coefficient (Wildman–Crippen LogP) is 2.11. The van der Waals surface area contributed by atoms with Crippen LogP contribution in [0.25, 0.3) is 0 Å². The molecule has 3 N–H and O–H groups in total. The van der Waals surface area contributed by atoms with E-state index in [-0.39, 0.29) is 5.56 Å². The molecule has 0 atom stereocenters. The standard InChI is InChI=1S/C12H13N3O3S/c1-15-5-2-3-8(15)7-13-12(18)14-10-9(11(16)17)4-6-19-10/h2-6H,7H2,1H3,(H,16,17)(H2,13,14,18). The minimum absolute atomic E-state index is 0.0963. The average molecular weight is 279 g/mol. The zero-order valence-electron chi connectivity index (χ0n) is 10.2. The second kappa shape index (κ2) is 5.57. The van der Waals surface area contributed by atoms with Crippen molar-refractivity contribution in [1.29, 1.82) is 0 Å². The number of nitrogens with zero attached hydrogens (tertiary/aromatic N) is 1. The van der Waals surface area contributed by atoms with Gasteiger partial charge in [-0.3, -0.25) is 5.32 Å². The summed E-state index contributed by atoms with van der Waals surface area (Å²) in [5.41, 5.74) is 1.05. The van der Waals surface area contributed by atoms with Crippen LogP contribution in [0, 0.1) is 0 Å². The van der Waals surface area contributed by atoms with Gasteiger partial charge in [-0.2, -0.15) is 0 Å². The number of hydrogen-bond donors (Lipinski definition) is 3. The van der Waals surface area contributed by atoms with E-state index in [0.29, 0.717) is 11.5 Å². The number of carbonyl (C=O) groups excluding carboxylic acids is 1. The number of carboxylic acids is 1. The maximum absolute atomic E-state index is 11.7. The van der Waals surface area contributed by atoms with E-state index >= 15 is 0 Å². The first-order valence-electron chi connectivity index (χ1n) is 5.54. The zero-order chi connectivity index (χ0) is 13.8. The molecule has 0 aliphatic heterocycles. The lowest BCUT2D eigenvalue weighted by Gasteiger charge is -2.07. The molecule has 0 spiro atoms. The van der Waals surface area contributed by atoms with Crippen LogP contribution < -0.4 is 10.6 Å². The van der Waals surface area contributed by atoms with Crippen LogP contribution in [0.1, 0.15) is 16.1 Å². The largest absolute Gasteiger partial charge is 0.478 e. The molecular weight excluding hydrogens is 266 g/mol. The average Bonchev–Trinajstić information content (AvgIpc) is 2.95. The van der Waals surface area contributed by atoms with Gasteiger partial charge < -0.3 is 15.0 Å². The SMILES string of the molecule is Cn1cccc1CNC(=O)Nc1sccc1C(=O)O. The van der Waals surface area contributed by atoms with E-state index in [1.165, 1.54) is 17.4 Å². The van der Waals surface area contributed by atoms with Crippen molar-refractivity contribution in [3.8, 4) is 0 Å². The van der Waals surface area contributed by atoms with Gasteiger partial charge >= 0.3 is 12.0 Å². The number of nitrogens with one attached hydrogen (secondary N) is 2. The van der Waals surface area contributed by atoms with Gasteiger partial charge in [0.2, 0.25) is 0 Å². The summed E-state index contributed by atoms with van der Waals surface area (Å²) in [7, 11) is 1.89. The number of rotatable bonds is 4. The first kappa shape index (κ1) is 13.2. The third kappa shape index (κ3) is 3.14. The lowest BCUT2D eigenvalue weighted by molar-refractivity contribution is 0.0698. The Bertz CT molecular complexity index is 603. The van der Waals surface area contributed by atoms with Crippen molar-refractivity contribution in [2.24, 2.45) is 7.05 Å². The second-order valence-electron chi connectivity index (χ2n) is 3.89. The Hall–Kier alpha value is -2.28. The maximum atomic E-state index is 11.7. The fourth-order valence-electron chi connectivity index (χ4n) is 1.57. The lowest BCUT2D eigenvalue weighted by atomic mass is 10.3. The molecule has 0 bridgehead atoms. The minimum atomic E-state index is -1.06. The van der Waals surface area contributed by atoms with Gasteiger partial charge in [0.1, 0.15) is 5.00 Å². The number of urea groups is 1. The molecule has 0 aliphatic rings. The number of thiophene rings is 1. The summed E-state index contributed by atoms with van der Waals surface area (Å²) in [6.07, 6.45) is 1.89. The monoisotopic (exact) mass is 279 g/mol. The Labute approximate surface area is 113 Å². The summed E-state index contributed by atoms with van der Waals surface area (Å²) in [5.74, 6) is -1.06. The molecule has 0 radical (unpaired) electrons. The van der Waals surface area contributed by atoms with Crippen molar-refractivity contribution in [3.05, 3.63) is 41.0 Å². The van der Waals surface area contributed by atoms with Gasteiger partial charge in [-0.05, 0) is 23.6 Å². The maximum Gasteiger partial charge on any atom is 0.338 e. The fraction of sp³-hybridized carbons (Fsp3) is 0.167. The second-order valence-corrected chi connectivity index (χ2v) is 4.80. The predicted molar refractivity (Wildman–Crippen MR) is 72.5 cm³/mol. The Morgan fingerprint density at radius 3 is 2.84 bits per heavy atom. The lowest BCUT2D eigenvalue weighted by Crippen LogP contribution is -2.29. The number of aromatic nitrogens is 1. The third-order valence-corrected chi connectivity index (χ3v) is 3.43. The van der Waals surface area contributed by atoms with Crippen molar-refractivity contribution in [2.75, 3.05) is 5.32 Å². The quantitative estimate of drug-likeness (QED) is 0.801. The van der Waals surface area contributed by atoms with Crippen LogP contribution in [0.2, 0.25) is 0 Å². The molecule has 0 saturated heterocycles. The molecule has 2 amide bonds. The molecule has 0 saturated carbocycles. The summed E-state index contributed by atoms with van der Waals surface area (Å²) >= 11 is 1.17. The number of aromatic carboxylic acids is 1. The van der Waals surface area contributed by atoms with E-state index < -0.39 is 12.0 Å². The van der Waals surface area contributed by atoms with Gasteiger partial charge in [-0.1, -0.05) is 0 Å². The van der Waals surface area contributed by atoms with Gasteiger partial charge in [0.15, 0.2) is 0 Å². The molecular formula is C12H13N3O3S. The molecule has 6 nitrogen and oxygen atoms in total. The van der Waals surface area contributed by atoms with Gasteiger partial charge in [0, 0.05) is 18.9 Å². The zero-order valence-corrected chi connectivity index (χ0v) is 11.0. The Morgan fingerprint density at radius 2 is 2.21 bits per heavy atom. The van der Waals surface area contributed by atoms with Gasteiger partial charge in [-0.15, -0.1) is 11.3 Å². The van der Waals surface area contributed by atoms with E-state index in [4.69, 9.17) is 5.11 Å². The van der Waals surface area contributed by atoms with Crippen LogP contribution in [-0.4, -0.2) is 21.7 Å². The summed E-state index contributed by atoms with van der Waals surface area (Å²) < 4.78 is 1.90. The van der Waals surface area contributed by atoms with E-state index in [2.05, 4.69) is 10.6 Å². The first-order valence-corrected chi connectivity index (χ1v) is 6.41. The van der Waals surface area contributed by atoms with E-state index in [0.717, 1.165) is 5.69 Å². The number of hydrogen-bond acceptors (Lipinski definition) is 3. The summed E-state index contributed by atoms with van der Waals surface area (Å²) in [6, 6.07) is 4.82. The van der Waals surface area contributed by atoms with Gasteiger partial charge in [0.25, 0.3) is 0 Å². The molecule has 19 heavy (non-hydrogen) atoms. The molecule has 7 heteroatoms. The van der Waals surface area contributed by atoms with Gasteiger partial charge in [0.05, 0.1) is 12.1 Å². The summed E-state index contributed by atoms with van der Waals surface area (Å²) in [6.45, 7) is 0.378. The normalized spacial score (nSPS) is 10.2. The van der Waals surface area contributed by atoms with Crippen molar-refractivity contribution < 1.29 is 14.7 Å². The molecule has 100 valence electrons. The van der Waals surface area contributed by atoms with Crippen molar-refractivity contribution in [2.45, 2.75) is 6.54 Å². The van der Waals surface area contributed by atoms with Crippen LogP contribution in [0.4, 0.5) is 9.80 Å². The highest BCUT2D eigenvalue weighted by atomic mass is 32.1. The summed E-state index contributed by atoms with van der Waals surface area (Å²) in [5, 5.41) is 16.1. The van der Waals surface area contributed by atoms with Crippen LogP contribution in [0.15, 0.2) is 29.8 Å². The Morgan fingerprint density at radius 1 is 1.42 bits per heavy atom. The molecule has 0 aromatic carbocycles. The summed E-state index contributed by atoms with van der Waals surface area (Å²) in [4.78, 5) is 22.6. The van der Waals surface area contributed by atoms with Crippen molar-refractivity contribution in [1.82, 2.24) is 9.88 Å². The molecule has 0 fully saturated rings. The smallest absolute Gasteiger partial charge is 0.338 e.